The average molecular weight is 201 g/mol. The van der Waals surface area contributed by atoms with Gasteiger partial charge >= 0.3 is 0 Å². The van der Waals surface area contributed by atoms with Gasteiger partial charge in [-0.2, -0.15) is 0 Å². The first-order valence-electron chi connectivity index (χ1n) is 6.32. The molecule has 1 aromatic carbocycles. The lowest BCUT2D eigenvalue weighted by Crippen LogP contribution is -1.93. The van der Waals surface area contributed by atoms with Gasteiger partial charge in [-0.15, -0.1) is 0 Å². The van der Waals surface area contributed by atoms with Gasteiger partial charge in [0.2, 0.25) is 0 Å². The molecule has 0 heterocycles. The van der Waals surface area contributed by atoms with Gasteiger partial charge in [-0.05, 0) is 49.1 Å². The van der Waals surface area contributed by atoms with Crippen molar-refractivity contribution in [2.24, 2.45) is 0 Å². The molecule has 0 N–H and O–H groups in total. The summed E-state index contributed by atoms with van der Waals surface area (Å²) in [5.41, 5.74) is 3.02. The van der Waals surface area contributed by atoms with Gasteiger partial charge < -0.3 is 0 Å². The normalized spacial score (nSPS) is 17.1. The zero-order chi connectivity index (χ0) is 10.5. The molecule has 1 saturated carbocycles. The average Bonchev–Trinajstić information content (AvgIpc) is 2.80. The van der Waals surface area contributed by atoms with Crippen molar-refractivity contribution < 1.29 is 0 Å². The largest absolute Gasteiger partial charge is 0.0654 e. The highest BCUT2D eigenvalue weighted by Crippen LogP contribution is 2.33. The molecule has 0 bridgehead atoms. The predicted octanol–water partition coefficient (Wildman–Crippen LogP) is 4.50. The van der Waals surface area contributed by atoms with Crippen LogP contribution < -0.4 is 0 Å². The maximum absolute atomic E-state index is 2.47. The maximum Gasteiger partial charge on any atom is -0.0131 e. The molecular weight excluding hydrogens is 180 g/mol. The topological polar surface area (TPSA) is 0 Å². The van der Waals surface area contributed by atoms with E-state index in [-0.39, 0.29) is 0 Å². The molecule has 1 aliphatic rings. The van der Waals surface area contributed by atoms with Gasteiger partial charge in [-0.25, -0.2) is 0 Å². The second-order valence-corrected chi connectivity index (χ2v) is 4.62. The summed E-state index contributed by atoms with van der Waals surface area (Å²) in [6.45, 7) is 2.25. The lowest BCUT2D eigenvalue weighted by molar-refractivity contribution is 0.781. The van der Waals surface area contributed by atoms with Crippen molar-refractivity contribution in [3.05, 3.63) is 41.8 Å². The van der Waals surface area contributed by atoms with Gasteiger partial charge in [-0.3, -0.25) is 0 Å². The van der Waals surface area contributed by atoms with Crippen LogP contribution in [0.4, 0.5) is 0 Å². The summed E-state index contributed by atoms with van der Waals surface area (Å²) < 4.78 is 0. The summed E-state index contributed by atoms with van der Waals surface area (Å²) >= 11 is 0. The summed E-state index contributed by atoms with van der Waals surface area (Å²) in [5.74, 6) is 0.741. The van der Waals surface area contributed by atoms with Gasteiger partial charge in [0.15, 0.2) is 0 Å². The van der Waals surface area contributed by atoms with Crippen LogP contribution in [0.2, 0.25) is 0 Å². The molecule has 1 aliphatic carbocycles. The van der Waals surface area contributed by atoms with Crippen molar-refractivity contribution >= 4 is 0 Å². The molecule has 0 aromatic heterocycles. The van der Waals surface area contributed by atoms with Gasteiger partial charge in [0.05, 0.1) is 0 Å². The highest BCUT2D eigenvalue weighted by Gasteiger charge is 2.16. The van der Waals surface area contributed by atoms with Crippen LogP contribution in [0.3, 0.4) is 0 Å². The van der Waals surface area contributed by atoms with Gasteiger partial charge in [0.1, 0.15) is 0 Å². The molecule has 0 nitrogen and oxygen atoms in total. The van der Waals surface area contributed by atoms with Crippen molar-refractivity contribution in [1.82, 2.24) is 0 Å². The summed E-state index contributed by atoms with van der Waals surface area (Å²) in [5, 5.41) is 0. The van der Waals surface area contributed by atoms with Crippen molar-refractivity contribution in [2.45, 2.75) is 51.4 Å². The first-order valence-corrected chi connectivity index (χ1v) is 6.32. The fourth-order valence-electron chi connectivity index (χ4n) is 2.39. The van der Waals surface area contributed by atoms with E-state index in [0.29, 0.717) is 0 Å². The Kier molecular flexibility index (Phi) is 3.82. The first kappa shape index (κ1) is 10.7. The van der Waals surface area contributed by atoms with Crippen LogP contribution in [0, 0.1) is 6.42 Å². The van der Waals surface area contributed by atoms with Crippen LogP contribution in [0.25, 0.3) is 0 Å². The van der Waals surface area contributed by atoms with Crippen LogP contribution >= 0.6 is 0 Å². The summed E-state index contributed by atoms with van der Waals surface area (Å²) in [6, 6.07) is 9.29. The third kappa shape index (κ3) is 2.84. The van der Waals surface area contributed by atoms with E-state index in [1.165, 1.54) is 49.7 Å². The number of aryl methyl sites for hydroxylation is 1. The van der Waals surface area contributed by atoms with Crippen molar-refractivity contribution in [3.8, 4) is 0 Å². The molecule has 0 saturated heterocycles. The Balaban J connectivity index is 1.96. The molecule has 1 fully saturated rings. The van der Waals surface area contributed by atoms with E-state index >= 15 is 0 Å². The van der Waals surface area contributed by atoms with Crippen LogP contribution in [0.15, 0.2) is 24.3 Å². The minimum atomic E-state index is 0.741. The molecule has 0 spiro atoms. The highest BCUT2D eigenvalue weighted by molar-refractivity contribution is 5.28. The number of unbranched alkanes of at least 4 members (excludes halogenated alkanes) is 1. The molecule has 81 valence electrons. The Morgan fingerprint density at radius 1 is 1.20 bits per heavy atom. The van der Waals surface area contributed by atoms with E-state index < -0.39 is 0 Å². The van der Waals surface area contributed by atoms with E-state index in [9.17, 15) is 0 Å². The lowest BCUT2D eigenvalue weighted by Gasteiger charge is -2.09. The molecule has 0 amide bonds. The monoisotopic (exact) mass is 201 g/mol. The predicted molar refractivity (Wildman–Crippen MR) is 65.9 cm³/mol. The minimum Gasteiger partial charge on any atom is -0.0654 e. The van der Waals surface area contributed by atoms with E-state index in [4.69, 9.17) is 0 Å². The smallest absolute Gasteiger partial charge is 0.0131 e. The zero-order valence-electron chi connectivity index (χ0n) is 9.71. The fourth-order valence-corrected chi connectivity index (χ4v) is 2.39. The van der Waals surface area contributed by atoms with Gasteiger partial charge in [0, 0.05) is 0 Å². The van der Waals surface area contributed by atoms with Crippen LogP contribution in [0.1, 0.15) is 56.1 Å². The Bertz CT molecular complexity index is 277. The van der Waals surface area contributed by atoms with Crippen LogP contribution in [-0.2, 0) is 6.42 Å². The van der Waals surface area contributed by atoms with E-state index in [0.717, 1.165) is 5.92 Å². The quantitative estimate of drug-likeness (QED) is 0.672. The highest BCUT2D eigenvalue weighted by atomic mass is 14.2. The molecule has 1 unspecified atom stereocenters. The van der Waals surface area contributed by atoms with Crippen molar-refractivity contribution in [1.29, 1.82) is 0 Å². The molecule has 1 atom stereocenters. The molecule has 0 heteroatoms. The van der Waals surface area contributed by atoms with E-state index in [2.05, 4.69) is 37.6 Å². The number of hydrogen-bond acceptors (Lipinski definition) is 0. The Hall–Kier alpha value is -0.780. The molecule has 2 rings (SSSR count). The Morgan fingerprint density at radius 3 is 2.60 bits per heavy atom. The second-order valence-electron chi connectivity index (χ2n) is 4.62. The molecule has 0 aliphatic heterocycles. The van der Waals surface area contributed by atoms with Gasteiger partial charge in [-0.1, -0.05) is 44.0 Å². The molecule has 15 heavy (non-hydrogen) atoms. The second kappa shape index (κ2) is 5.34. The van der Waals surface area contributed by atoms with E-state index in [1.807, 2.05) is 0 Å². The summed E-state index contributed by atoms with van der Waals surface area (Å²) in [7, 11) is 0. The Morgan fingerprint density at radius 2 is 2.00 bits per heavy atom. The molecular formula is C15H21. The number of hydrogen-bond donors (Lipinski definition) is 0. The summed E-state index contributed by atoms with van der Waals surface area (Å²) in [6.07, 6.45) is 10.4. The minimum absolute atomic E-state index is 0.741. The third-order valence-electron chi connectivity index (χ3n) is 3.40. The van der Waals surface area contributed by atoms with Crippen LogP contribution in [0.5, 0.6) is 0 Å². The number of benzene rings is 1. The lowest BCUT2D eigenvalue weighted by atomic mass is 9.96. The fraction of sp³-hybridized carbons (Fsp3) is 0.533. The van der Waals surface area contributed by atoms with Crippen LogP contribution in [-0.4, -0.2) is 0 Å². The maximum atomic E-state index is 2.47. The third-order valence-corrected chi connectivity index (χ3v) is 3.40. The summed E-state index contributed by atoms with van der Waals surface area (Å²) in [4.78, 5) is 0. The molecule has 1 radical (unpaired) electrons. The van der Waals surface area contributed by atoms with Crippen molar-refractivity contribution in [2.75, 3.05) is 0 Å². The number of rotatable bonds is 4. The molecule has 1 aromatic rings. The Labute approximate surface area is 93.7 Å². The van der Waals surface area contributed by atoms with E-state index in [1.54, 1.807) is 0 Å². The SMILES string of the molecule is CCCCc1ccc(C2[CH]CCC2)cc1. The van der Waals surface area contributed by atoms with Crippen molar-refractivity contribution in [3.63, 3.8) is 0 Å². The first-order chi connectivity index (χ1) is 7.40. The van der Waals surface area contributed by atoms with Gasteiger partial charge in [0.25, 0.3) is 0 Å². The zero-order valence-corrected chi connectivity index (χ0v) is 9.71. The standard InChI is InChI=1S/C15H21/c1-2-3-6-13-9-11-15(12-10-13)14-7-4-5-8-14/h7,9-12,14H,2-6,8H2,1H3.